The number of esters is 1. The molecular weight excluding hydrogens is 304 g/mol. The Morgan fingerprint density at radius 2 is 2.00 bits per heavy atom. The second kappa shape index (κ2) is 7.09. The maximum atomic E-state index is 12.2. The van der Waals surface area contributed by atoms with Crippen molar-refractivity contribution in [1.29, 1.82) is 0 Å². The fourth-order valence-electron chi connectivity index (χ4n) is 2.70. The first kappa shape index (κ1) is 14.6. The number of ether oxygens (including phenoxy) is 1. The fraction of sp³-hybridized carbons (Fsp3) is 0.562. The fourth-order valence-corrected chi connectivity index (χ4v) is 3.18. The van der Waals surface area contributed by atoms with Gasteiger partial charge in [-0.2, -0.15) is 0 Å². The summed E-state index contributed by atoms with van der Waals surface area (Å²) >= 11 is 3.46. The van der Waals surface area contributed by atoms with Gasteiger partial charge in [-0.3, -0.25) is 4.79 Å². The molecule has 3 heteroatoms. The van der Waals surface area contributed by atoms with Crippen LogP contribution >= 0.6 is 15.9 Å². The van der Waals surface area contributed by atoms with Crippen LogP contribution in [0.3, 0.4) is 0 Å². The summed E-state index contributed by atoms with van der Waals surface area (Å²) in [5.41, 5.74) is 2.27. The van der Waals surface area contributed by atoms with Crippen LogP contribution in [0.25, 0.3) is 0 Å². The minimum absolute atomic E-state index is 0.0209. The SMILES string of the molecule is Cc1ccccc1[C@@H](CBr)OC(=O)C1CCCCC1. The zero-order chi connectivity index (χ0) is 13.7. The Morgan fingerprint density at radius 1 is 1.32 bits per heavy atom. The highest BCUT2D eigenvalue weighted by molar-refractivity contribution is 9.09. The highest BCUT2D eigenvalue weighted by Gasteiger charge is 2.26. The molecule has 0 bridgehead atoms. The van der Waals surface area contributed by atoms with Gasteiger partial charge in [-0.1, -0.05) is 59.5 Å². The van der Waals surface area contributed by atoms with Gasteiger partial charge in [-0.25, -0.2) is 0 Å². The third kappa shape index (κ3) is 3.82. The van der Waals surface area contributed by atoms with Gasteiger partial charge in [0.1, 0.15) is 6.10 Å². The highest BCUT2D eigenvalue weighted by atomic mass is 79.9. The number of rotatable bonds is 4. The molecule has 19 heavy (non-hydrogen) atoms. The number of carbonyl (C=O) groups excluding carboxylic acids is 1. The Labute approximate surface area is 123 Å². The van der Waals surface area contributed by atoms with Gasteiger partial charge in [0.05, 0.1) is 5.92 Å². The summed E-state index contributed by atoms with van der Waals surface area (Å²) in [6.07, 6.45) is 5.37. The number of benzene rings is 1. The molecule has 2 rings (SSSR count). The lowest BCUT2D eigenvalue weighted by Gasteiger charge is -2.24. The molecule has 1 fully saturated rings. The number of hydrogen-bond donors (Lipinski definition) is 0. The van der Waals surface area contributed by atoms with Gasteiger partial charge in [0.25, 0.3) is 0 Å². The quantitative estimate of drug-likeness (QED) is 0.599. The number of hydrogen-bond acceptors (Lipinski definition) is 2. The van der Waals surface area contributed by atoms with Crippen LogP contribution in [-0.4, -0.2) is 11.3 Å². The van der Waals surface area contributed by atoms with Crippen LogP contribution in [0.5, 0.6) is 0 Å². The zero-order valence-corrected chi connectivity index (χ0v) is 13.0. The van der Waals surface area contributed by atoms with E-state index in [-0.39, 0.29) is 18.0 Å². The predicted molar refractivity (Wildman–Crippen MR) is 80.4 cm³/mol. The second-order valence-corrected chi connectivity index (χ2v) is 5.92. The third-order valence-electron chi connectivity index (χ3n) is 3.87. The zero-order valence-electron chi connectivity index (χ0n) is 11.4. The van der Waals surface area contributed by atoms with Crippen molar-refractivity contribution in [3.05, 3.63) is 35.4 Å². The molecular formula is C16H21BrO2. The molecule has 1 saturated carbocycles. The summed E-state index contributed by atoms with van der Waals surface area (Å²) in [7, 11) is 0. The van der Waals surface area contributed by atoms with Crippen molar-refractivity contribution in [2.24, 2.45) is 5.92 Å². The van der Waals surface area contributed by atoms with E-state index in [1.807, 2.05) is 18.2 Å². The molecule has 1 atom stereocenters. The molecule has 0 aromatic heterocycles. The topological polar surface area (TPSA) is 26.3 Å². The molecule has 0 unspecified atom stereocenters. The van der Waals surface area contributed by atoms with Crippen molar-refractivity contribution in [3.8, 4) is 0 Å². The van der Waals surface area contributed by atoms with Crippen LogP contribution in [0.4, 0.5) is 0 Å². The van der Waals surface area contributed by atoms with Gasteiger partial charge in [-0.15, -0.1) is 0 Å². The minimum Gasteiger partial charge on any atom is -0.456 e. The van der Waals surface area contributed by atoms with E-state index in [0.29, 0.717) is 5.33 Å². The van der Waals surface area contributed by atoms with E-state index in [9.17, 15) is 4.79 Å². The van der Waals surface area contributed by atoms with Gasteiger partial charge in [0.15, 0.2) is 0 Å². The van der Waals surface area contributed by atoms with Crippen LogP contribution in [0.2, 0.25) is 0 Å². The lowest BCUT2D eigenvalue weighted by atomic mass is 9.89. The number of aryl methyl sites for hydroxylation is 1. The molecule has 1 aromatic carbocycles. The lowest BCUT2D eigenvalue weighted by Crippen LogP contribution is -2.23. The molecule has 0 amide bonds. The first-order valence-electron chi connectivity index (χ1n) is 7.04. The van der Waals surface area contributed by atoms with E-state index in [1.165, 1.54) is 12.0 Å². The van der Waals surface area contributed by atoms with E-state index in [1.54, 1.807) is 0 Å². The van der Waals surface area contributed by atoms with E-state index in [4.69, 9.17) is 4.74 Å². The first-order chi connectivity index (χ1) is 9.22. The number of halogens is 1. The van der Waals surface area contributed by atoms with Crippen LogP contribution in [0.1, 0.15) is 49.3 Å². The lowest BCUT2D eigenvalue weighted by molar-refractivity contribution is -0.154. The van der Waals surface area contributed by atoms with Crippen molar-refractivity contribution in [2.75, 3.05) is 5.33 Å². The standard InChI is InChI=1S/C16H21BrO2/c1-12-7-5-6-10-14(12)15(11-17)19-16(18)13-8-3-2-4-9-13/h5-7,10,13,15H,2-4,8-9,11H2,1H3/t15-/m1/s1. The van der Waals surface area contributed by atoms with Crippen molar-refractivity contribution in [1.82, 2.24) is 0 Å². The molecule has 2 nitrogen and oxygen atoms in total. The number of alkyl halides is 1. The van der Waals surface area contributed by atoms with Crippen LogP contribution in [0.15, 0.2) is 24.3 Å². The van der Waals surface area contributed by atoms with Crippen LogP contribution in [0, 0.1) is 12.8 Å². The molecule has 1 aromatic rings. The Morgan fingerprint density at radius 3 is 2.63 bits per heavy atom. The number of carbonyl (C=O) groups is 1. The van der Waals surface area contributed by atoms with Crippen LogP contribution in [-0.2, 0) is 9.53 Å². The van der Waals surface area contributed by atoms with Gasteiger partial charge in [0, 0.05) is 5.33 Å². The molecule has 1 aliphatic rings. The predicted octanol–water partition coefficient (Wildman–Crippen LogP) is 4.55. The Hall–Kier alpha value is -0.830. The Balaban J connectivity index is 2.02. The average Bonchev–Trinajstić information content (AvgIpc) is 2.46. The Bertz CT molecular complexity index is 425. The van der Waals surface area contributed by atoms with Gasteiger partial charge >= 0.3 is 5.97 Å². The molecule has 0 N–H and O–H groups in total. The van der Waals surface area contributed by atoms with E-state index >= 15 is 0 Å². The smallest absolute Gasteiger partial charge is 0.309 e. The maximum absolute atomic E-state index is 12.2. The summed E-state index contributed by atoms with van der Waals surface area (Å²) < 4.78 is 5.72. The average molecular weight is 325 g/mol. The van der Waals surface area contributed by atoms with Crippen molar-refractivity contribution in [2.45, 2.75) is 45.1 Å². The minimum atomic E-state index is -0.171. The molecule has 0 heterocycles. The Kier molecular flexibility index (Phi) is 5.44. The van der Waals surface area contributed by atoms with Gasteiger partial charge in [-0.05, 0) is 30.9 Å². The largest absolute Gasteiger partial charge is 0.456 e. The molecule has 104 valence electrons. The van der Waals surface area contributed by atoms with E-state index in [2.05, 4.69) is 28.9 Å². The summed E-state index contributed by atoms with van der Waals surface area (Å²) in [6.45, 7) is 2.05. The normalized spacial score (nSPS) is 18.0. The van der Waals surface area contributed by atoms with Gasteiger partial charge in [0.2, 0.25) is 0 Å². The van der Waals surface area contributed by atoms with E-state index < -0.39 is 0 Å². The second-order valence-electron chi connectivity index (χ2n) is 5.27. The summed E-state index contributed by atoms with van der Waals surface area (Å²) in [4.78, 5) is 12.2. The summed E-state index contributed by atoms with van der Waals surface area (Å²) in [6, 6.07) is 8.09. The maximum Gasteiger partial charge on any atom is 0.309 e. The third-order valence-corrected chi connectivity index (χ3v) is 4.46. The molecule has 0 saturated heterocycles. The van der Waals surface area contributed by atoms with E-state index in [0.717, 1.165) is 31.2 Å². The highest BCUT2D eigenvalue weighted by Crippen LogP contribution is 2.29. The summed E-state index contributed by atoms with van der Waals surface area (Å²) in [5, 5.41) is 0.649. The van der Waals surface area contributed by atoms with Crippen molar-refractivity contribution < 1.29 is 9.53 Å². The first-order valence-corrected chi connectivity index (χ1v) is 8.16. The van der Waals surface area contributed by atoms with Crippen LogP contribution < -0.4 is 0 Å². The van der Waals surface area contributed by atoms with Gasteiger partial charge < -0.3 is 4.74 Å². The van der Waals surface area contributed by atoms with Crippen molar-refractivity contribution in [3.63, 3.8) is 0 Å². The molecule has 1 aliphatic carbocycles. The van der Waals surface area contributed by atoms with Crippen molar-refractivity contribution >= 4 is 21.9 Å². The molecule has 0 radical (unpaired) electrons. The monoisotopic (exact) mass is 324 g/mol. The summed E-state index contributed by atoms with van der Waals surface area (Å²) in [5.74, 6) is 0.0896. The molecule has 0 spiro atoms. The molecule has 0 aliphatic heterocycles.